The Morgan fingerprint density at radius 2 is 1.40 bits per heavy atom. The van der Waals surface area contributed by atoms with Crippen LogP contribution in [0, 0.1) is 0 Å². The molecule has 2 aliphatic heterocycles. The predicted molar refractivity (Wildman–Crippen MR) is 191 cm³/mol. The zero-order chi connectivity index (χ0) is 34.0. The Hall–Kier alpha value is -3.57. The minimum atomic E-state index is -4.01. The molecule has 0 spiro atoms. The lowest BCUT2D eigenvalue weighted by Crippen LogP contribution is -2.28. The standard InChI is InChI=1S/C37H44N2O6S2/c1-36(2)30-18-10-11-19-31(30)38(24-12-14-26-46(40,41)42)33(36)20-6-5-7-21-34-37(3,4)35-29-17-9-8-16-28(29)22-23-32(35)39(34)25-13-15-27-47(43,44)45/h5-11,16-23H,12-15,24-27H2,1-4H3,(H-,40,41,42,43,44,45)/p+1. The highest BCUT2D eigenvalue weighted by atomic mass is 32.2. The molecule has 0 atom stereocenters. The fraction of sp³-hybridized carbons (Fsp3) is 0.378. The molecule has 0 aliphatic carbocycles. The van der Waals surface area contributed by atoms with Gasteiger partial charge in [0.2, 0.25) is 5.69 Å². The molecular formula is C37H45N2O6S2+. The number of unbranched alkanes of at least 4 members (excludes halogenated alkanes) is 2. The molecule has 0 fully saturated rings. The van der Waals surface area contributed by atoms with Gasteiger partial charge in [-0.15, -0.1) is 0 Å². The maximum absolute atomic E-state index is 11.3. The topological polar surface area (TPSA) is 115 Å². The fourth-order valence-corrected chi connectivity index (χ4v) is 8.26. The zero-order valence-electron chi connectivity index (χ0n) is 27.6. The summed E-state index contributed by atoms with van der Waals surface area (Å²) in [4.78, 5) is 2.25. The predicted octanol–water partition coefficient (Wildman–Crippen LogP) is 7.35. The van der Waals surface area contributed by atoms with Crippen molar-refractivity contribution >= 4 is 48.1 Å². The van der Waals surface area contributed by atoms with Crippen LogP contribution in [0.4, 0.5) is 11.4 Å². The van der Waals surface area contributed by atoms with Gasteiger partial charge in [0, 0.05) is 47.5 Å². The molecule has 8 nitrogen and oxygen atoms in total. The van der Waals surface area contributed by atoms with E-state index in [-0.39, 0.29) is 22.3 Å². The van der Waals surface area contributed by atoms with Crippen molar-refractivity contribution < 1.29 is 30.5 Å². The minimum absolute atomic E-state index is 0.248. The van der Waals surface area contributed by atoms with Gasteiger partial charge < -0.3 is 4.90 Å². The third kappa shape index (κ3) is 7.62. The lowest BCUT2D eigenvalue weighted by molar-refractivity contribution is -0.438. The molecule has 0 radical (unpaired) electrons. The van der Waals surface area contributed by atoms with Gasteiger partial charge in [0.05, 0.1) is 16.9 Å². The largest absolute Gasteiger partial charge is 0.344 e. The first kappa shape index (κ1) is 34.8. The minimum Gasteiger partial charge on any atom is -0.344 e. The van der Waals surface area contributed by atoms with Gasteiger partial charge in [-0.2, -0.15) is 21.4 Å². The number of benzene rings is 3. The summed E-state index contributed by atoms with van der Waals surface area (Å²) in [6.45, 7) is 10.1. The summed E-state index contributed by atoms with van der Waals surface area (Å²) in [6.07, 6.45) is 12.3. The lowest BCUT2D eigenvalue weighted by Gasteiger charge is -2.27. The highest BCUT2D eigenvalue weighted by Gasteiger charge is 2.45. The van der Waals surface area contributed by atoms with Crippen molar-refractivity contribution in [3.8, 4) is 0 Å². The Morgan fingerprint density at radius 1 is 0.745 bits per heavy atom. The van der Waals surface area contributed by atoms with Crippen LogP contribution < -0.4 is 4.90 Å². The number of fused-ring (bicyclic) bond motifs is 4. The number of hydrogen-bond donors (Lipinski definition) is 2. The molecule has 5 rings (SSSR count). The van der Waals surface area contributed by atoms with Crippen LogP contribution in [0.5, 0.6) is 0 Å². The number of nitrogens with zero attached hydrogens (tertiary/aromatic N) is 2. The second kappa shape index (κ2) is 13.5. The van der Waals surface area contributed by atoms with E-state index >= 15 is 0 Å². The van der Waals surface area contributed by atoms with Crippen LogP contribution in [0.25, 0.3) is 10.8 Å². The van der Waals surface area contributed by atoms with Gasteiger partial charge in [-0.05, 0) is 67.7 Å². The molecule has 0 saturated heterocycles. The van der Waals surface area contributed by atoms with E-state index in [1.165, 1.54) is 21.9 Å². The van der Waals surface area contributed by atoms with Crippen molar-refractivity contribution in [2.75, 3.05) is 29.5 Å². The molecule has 250 valence electrons. The van der Waals surface area contributed by atoms with Crippen molar-refractivity contribution in [3.05, 3.63) is 108 Å². The Balaban J connectivity index is 1.43. The number of para-hydroxylation sites is 1. The average molecular weight is 678 g/mol. The van der Waals surface area contributed by atoms with Crippen LogP contribution in [-0.4, -0.2) is 60.8 Å². The number of allylic oxidation sites excluding steroid dienone is 6. The highest BCUT2D eigenvalue weighted by molar-refractivity contribution is 7.86. The first-order chi connectivity index (χ1) is 22.1. The fourth-order valence-electron chi connectivity index (χ4n) is 7.12. The SMILES string of the molecule is CC1(C)C(=CC=CC=CC2=[N+](CCCCS(=O)(=O)O)c3ccc4ccccc4c3C2(C)C)N(CCCCS(=O)(=O)O)c2ccccc21. The van der Waals surface area contributed by atoms with Crippen molar-refractivity contribution in [2.24, 2.45) is 0 Å². The Morgan fingerprint density at radius 3 is 2.13 bits per heavy atom. The molecule has 10 heteroatoms. The number of rotatable bonds is 13. The molecule has 2 aliphatic rings. The quantitative estimate of drug-likeness (QED) is 0.0842. The van der Waals surface area contributed by atoms with Crippen molar-refractivity contribution in [1.29, 1.82) is 0 Å². The second-order valence-electron chi connectivity index (χ2n) is 13.4. The van der Waals surface area contributed by atoms with E-state index in [1.54, 1.807) is 0 Å². The van der Waals surface area contributed by atoms with E-state index < -0.39 is 20.2 Å². The summed E-state index contributed by atoms with van der Waals surface area (Å²) in [5.41, 5.74) is 6.34. The molecule has 0 saturated carbocycles. The third-order valence-electron chi connectivity index (χ3n) is 9.35. The normalized spacial score (nSPS) is 18.3. The molecule has 0 bridgehead atoms. The molecule has 3 aromatic carbocycles. The molecular weight excluding hydrogens is 633 g/mol. The third-order valence-corrected chi connectivity index (χ3v) is 11.0. The van der Waals surface area contributed by atoms with E-state index in [4.69, 9.17) is 0 Å². The molecule has 47 heavy (non-hydrogen) atoms. The van der Waals surface area contributed by atoms with Gasteiger partial charge in [-0.1, -0.05) is 74.5 Å². The summed E-state index contributed by atoms with van der Waals surface area (Å²) in [5.74, 6) is -0.503. The molecule has 3 aromatic rings. The van der Waals surface area contributed by atoms with Gasteiger partial charge in [0.25, 0.3) is 20.2 Å². The summed E-state index contributed by atoms with van der Waals surface area (Å²) in [7, 11) is -8.00. The van der Waals surface area contributed by atoms with Crippen LogP contribution in [0.3, 0.4) is 0 Å². The lowest BCUT2D eigenvalue weighted by atomic mass is 9.79. The van der Waals surface area contributed by atoms with Crippen LogP contribution in [-0.2, 0) is 31.1 Å². The van der Waals surface area contributed by atoms with Gasteiger partial charge in [0.1, 0.15) is 6.54 Å². The van der Waals surface area contributed by atoms with Crippen molar-refractivity contribution in [1.82, 2.24) is 0 Å². The van der Waals surface area contributed by atoms with Crippen molar-refractivity contribution in [2.45, 2.75) is 64.2 Å². The summed E-state index contributed by atoms with van der Waals surface area (Å²) < 4.78 is 65.9. The Labute approximate surface area is 279 Å². The molecule has 0 aromatic heterocycles. The molecule has 2 heterocycles. The first-order valence-electron chi connectivity index (χ1n) is 16.1. The smallest absolute Gasteiger partial charge is 0.264 e. The Kier molecular flexibility index (Phi) is 9.99. The van der Waals surface area contributed by atoms with Crippen LogP contribution in [0.15, 0.2) is 96.7 Å². The van der Waals surface area contributed by atoms with E-state index in [0.29, 0.717) is 38.8 Å². The summed E-state index contributed by atoms with van der Waals surface area (Å²) >= 11 is 0. The van der Waals surface area contributed by atoms with E-state index in [0.717, 1.165) is 22.8 Å². The zero-order valence-corrected chi connectivity index (χ0v) is 29.2. The van der Waals surface area contributed by atoms with Crippen LogP contribution >= 0.6 is 0 Å². The van der Waals surface area contributed by atoms with Crippen molar-refractivity contribution in [3.63, 3.8) is 0 Å². The number of hydrogen-bond acceptors (Lipinski definition) is 5. The maximum atomic E-state index is 11.3. The highest BCUT2D eigenvalue weighted by Crippen LogP contribution is 2.48. The van der Waals surface area contributed by atoms with Crippen LogP contribution in [0.2, 0.25) is 0 Å². The molecule has 2 N–H and O–H groups in total. The summed E-state index contributed by atoms with van der Waals surface area (Å²) in [5, 5.41) is 2.37. The maximum Gasteiger partial charge on any atom is 0.264 e. The van der Waals surface area contributed by atoms with Gasteiger partial charge in [-0.25, -0.2) is 0 Å². The number of anilines is 1. The second-order valence-corrected chi connectivity index (χ2v) is 16.6. The van der Waals surface area contributed by atoms with Gasteiger partial charge >= 0.3 is 0 Å². The van der Waals surface area contributed by atoms with Gasteiger partial charge in [-0.3, -0.25) is 9.11 Å². The summed E-state index contributed by atoms with van der Waals surface area (Å²) in [6, 6.07) is 20.9. The van der Waals surface area contributed by atoms with Gasteiger partial charge in [0.15, 0.2) is 5.71 Å². The average Bonchev–Trinajstić information content (AvgIpc) is 3.35. The van der Waals surface area contributed by atoms with E-state index in [1.807, 2.05) is 36.4 Å². The van der Waals surface area contributed by atoms with E-state index in [9.17, 15) is 25.9 Å². The first-order valence-corrected chi connectivity index (χ1v) is 19.3. The van der Waals surface area contributed by atoms with Crippen LogP contribution in [0.1, 0.15) is 64.5 Å². The molecule has 0 unspecified atom stereocenters. The van der Waals surface area contributed by atoms with E-state index in [2.05, 4.69) is 91.8 Å². The molecule has 0 amide bonds. The Bertz CT molecular complexity index is 2000. The monoisotopic (exact) mass is 677 g/mol.